The van der Waals surface area contributed by atoms with Crippen LogP contribution in [0.15, 0.2) is 36.7 Å². The van der Waals surface area contributed by atoms with Gasteiger partial charge in [-0.1, -0.05) is 23.4 Å². The van der Waals surface area contributed by atoms with E-state index in [0.29, 0.717) is 6.54 Å². The highest BCUT2D eigenvalue weighted by molar-refractivity contribution is 5.85. The molecule has 3 N–H and O–H groups in total. The van der Waals surface area contributed by atoms with Gasteiger partial charge in [0.25, 0.3) is 0 Å². The van der Waals surface area contributed by atoms with Crippen molar-refractivity contribution in [3.8, 4) is 0 Å². The monoisotopic (exact) mass is 327 g/mol. The molecular weight excluding hydrogens is 310 g/mol. The van der Waals surface area contributed by atoms with Crippen LogP contribution in [-0.2, 0) is 17.8 Å². The van der Waals surface area contributed by atoms with E-state index in [4.69, 9.17) is 5.11 Å². The molecule has 2 aromatic heterocycles. The molecule has 3 rings (SSSR count). The van der Waals surface area contributed by atoms with Gasteiger partial charge < -0.3 is 15.4 Å². The fourth-order valence-electron chi connectivity index (χ4n) is 2.52. The second-order valence-electron chi connectivity index (χ2n) is 5.42. The summed E-state index contributed by atoms with van der Waals surface area (Å²) in [5.74, 6) is -1.39. The van der Waals surface area contributed by atoms with Crippen LogP contribution in [0.2, 0.25) is 0 Å². The molecule has 0 unspecified atom stereocenters. The van der Waals surface area contributed by atoms with Crippen molar-refractivity contribution < 1.29 is 14.7 Å². The molecule has 0 atom stereocenters. The van der Waals surface area contributed by atoms with E-state index in [1.165, 1.54) is 21.8 Å². The third-order valence-electron chi connectivity index (χ3n) is 3.68. The number of nitrogens with zero attached hydrogens (tertiary/aromatic N) is 3. The molecule has 0 spiro atoms. The molecule has 0 fully saturated rings. The number of amides is 1. The first-order chi connectivity index (χ1) is 11.6. The van der Waals surface area contributed by atoms with Crippen molar-refractivity contribution in [2.75, 3.05) is 6.54 Å². The molecule has 0 aliphatic heterocycles. The summed E-state index contributed by atoms with van der Waals surface area (Å²) >= 11 is 0. The second kappa shape index (κ2) is 6.95. The van der Waals surface area contributed by atoms with Gasteiger partial charge in [0.1, 0.15) is 6.54 Å². The lowest BCUT2D eigenvalue weighted by atomic mass is 10.1. The Morgan fingerprint density at radius 2 is 2.12 bits per heavy atom. The number of carboxylic acids is 1. The first-order valence-corrected chi connectivity index (χ1v) is 7.58. The van der Waals surface area contributed by atoms with Crippen molar-refractivity contribution >= 4 is 22.8 Å². The van der Waals surface area contributed by atoms with Gasteiger partial charge in [-0.25, -0.2) is 9.48 Å². The van der Waals surface area contributed by atoms with E-state index < -0.39 is 5.97 Å². The Labute approximate surface area is 137 Å². The van der Waals surface area contributed by atoms with Gasteiger partial charge in [-0.05, 0) is 24.5 Å². The molecule has 8 heteroatoms. The minimum absolute atomic E-state index is 0.0482. The van der Waals surface area contributed by atoms with Crippen LogP contribution in [0.25, 0.3) is 10.9 Å². The molecule has 24 heavy (non-hydrogen) atoms. The van der Waals surface area contributed by atoms with Crippen LogP contribution in [0.5, 0.6) is 0 Å². The summed E-state index contributed by atoms with van der Waals surface area (Å²) in [6.07, 6.45) is 4.89. The lowest BCUT2D eigenvalue weighted by Crippen LogP contribution is -2.28. The van der Waals surface area contributed by atoms with Crippen molar-refractivity contribution in [3.05, 3.63) is 47.9 Å². The van der Waals surface area contributed by atoms with Gasteiger partial charge in [-0.2, -0.15) is 0 Å². The molecule has 0 saturated carbocycles. The molecule has 1 aromatic carbocycles. The van der Waals surface area contributed by atoms with Crippen LogP contribution in [0.1, 0.15) is 22.5 Å². The number of H-pyrrole nitrogens is 1. The first-order valence-electron chi connectivity index (χ1n) is 7.58. The van der Waals surface area contributed by atoms with Crippen molar-refractivity contribution in [3.63, 3.8) is 0 Å². The Balaban J connectivity index is 1.44. The zero-order valence-corrected chi connectivity index (χ0v) is 12.9. The zero-order valence-electron chi connectivity index (χ0n) is 12.9. The number of rotatable bonds is 7. The second-order valence-corrected chi connectivity index (χ2v) is 5.42. The highest BCUT2D eigenvalue weighted by Gasteiger charge is 2.10. The van der Waals surface area contributed by atoms with Gasteiger partial charge in [0, 0.05) is 23.6 Å². The van der Waals surface area contributed by atoms with Crippen molar-refractivity contribution in [1.29, 1.82) is 0 Å². The average Bonchev–Trinajstić information content (AvgIpc) is 3.19. The van der Waals surface area contributed by atoms with Crippen molar-refractivity contribution in [2.45, 2.75) is 19.4 Å². The van der Waals surface area contributed by atoms with Gasteiger partial charge in [0.05, 0.1) is 6.20 Å². The van der Waals surface area contributed by atoms with E-state index in [-0.39, 0.29) is 18.1 Å². The number of carboxylic acid groups (broad SMARTS) is 1. The number of aromatic nitrogens is 4. The number of nitrogens with one attached hydrogen (secondary N) is 2. The van der Waals surface area contributed by atoms with Gasteiger partial charge in [-0.15, -0.1) is 5.10 Å². The molecule has 1 amide bonds. The van der Waals surface area contributed by atoms with Gasteiger partial charge in [-0.3, -0.25) is 4.79 Å². The first kappa shape index (κ1) is 15.7. The molecule has 8 nitrogen and oxygen atoms in total. The maximum absolute atomic E-state index is 11.8. The number of fused-ring (bicyclic) bond motifs is 1. The highest BCUT2D eigenvalue weighted by atomic mass is 16.4. The number of para-hydroxylation sites is 1. The quantitative estimate of drug-likeness (QED) is 0.565. The summed E-state index contributed by atoms with van der Waals surface area (Å²) in [5.41, 5.74) is 2.15. The third-order valence-corrected chi connectivity index (χ3v) is 3.68. The van der Waals surface area contributed by atoms with Crippen molar-refractivity contribution in [1.82, 2.24) is 25.3 Å². The van der Waals surface area contributed by atoms with Gasteiger partial charge in [0.15, 0.2) is 5.69 Å². The smallest absolute Gasteiger partial charge is 0.358 e. The summed E-state index contributed by atoms with van der Waals surface area (Å²) in [5, 5.41) is 19.8. The van der Waals surface area contributed by atoms with E-state index in [0.717, 1.165) is 18.4 Å². The minimum atomic E-state index is -1.17. The molecule has 2 heterocycles. The SMILES string of the molecule is O=C(Cn1cc(C(=O)O)nn1)NCCCc1c[nH]c2ccccc12. The Morgan fingerprint density at radius 3 is 2.92 bits per heavy atom. The molecule has 3 aromatic rings. The Morgan fingerprint density at radius 1 is 1.29 bits per heavy atom. The van der Waals surface area contributed by atoms with Crippen LogP contribution in [-0.4, -0.2) is 43.5 Å². The number of carbonyl (C=O) groups excluding carboxylic acids is 1. The highest BCUT2D eigenvalue weighted by Crippen LogP contribution is 2.18. The van der Waals surface area contributed by atoms with E-state index >= 15 is 0 Å². The summed E-state index contributed by atoms with van der Waals surface area (Å²) < 4.78 is 1.21. The summed E-state index contributed by atoms with van der Waals surface area (Å²) in [4.78, 5) is 25.7. The summed E-state index contributed by atoms with van der Waals surface area (Å²) in [7, 11) is 0. The standard InChI is InChI=1S/C16H17N5O3/c22-15(10-21-9-14(16(23)24)19-20-21)17-7-3-4-11-8-18-13-6-2-1-5-12(11)13/h1-2,5-6,8-9,18H,3-4,7,10H2,(H,17,22)(H,23,24). The minimum Gasteiger partial charge on any atom is -0.476 e. The molecule has 0 saturated heterocycles. The van der Waals surface area contributed by atoms with Gasteiger partial charge >= 0.3 is 5.97 Å². The third kappa shape index (κ3) is 3.60. The normalized spacial score (nSPS) is 10.8. The molecular formula is C16H17N5O3. The number of hydrogen-bond donors (Lipinski definition) is 3. The van der Waals surface area contributed by atoms with Crippen LogP contribution in [0, 0.1) is 0 Å². The van der Waals surface area contributed by atoms with Crippen LogP contribution in [0.3, 0.4) is 0 Å². The van der Waals surface area contributed by atoms with E-state index in [9.17, 15) is 9.59 Å². The summed E-state index contributed by atoms with van der Waals surface area (Å²) in [6.45, 7) is 0.492. The number of benzene rings is 1. The molecule has 0 aliphatic carbocycles. The Kier molecular flexibility index (Phi) is 4.55. The van der Waals surface area contributed by atoms with E-state index in [2.05, 4.69) is 26.7 Å². The zero-order chi connectivity index (χ0) is 16.9. The molecule has 0 radical (unpaired) electrons. The van der Waals surface area contributed by atoms with Crippen molar-refractivity contribution in [2.24, 2.45) is 0 Å². The molecule has 0 aliphatic rings. The topological polar surface area (TPSA) is 113 Å². The fraction of sp³-hybridized carbons (Fsp3) is 0.250. The maximum Gasteiger partial charge on any atom is 0.358 e. The van der Waals surface area contributed by atoms with E-state index in [1.807, 2.05) is 24.4 Å². The molecule has 0 bridgehead atoms. The predicted molar refractivity (Wildman–Crippen MR) is 86.6 cm³/mol. The predicted octanol–water partition coefficient (Wildman–Crippen LogP) is 1.21. The van der Waals surface area contributed by atoms with Crippen LogP contribution < -0.4 is 5.32 Å². The number of aryl methyl sites for hydroxylation is 1. The van der Waals surface area contributed by atoms with Gasteiger partial charge in [0.2, 0.25) is 5.91 Å². The number of aromatic amines is 1. The lowest BCUT2D eigenvalue weighted by Gasteiger charge is -2.04. The summed E-state index contributed by atoms with van der Waals surface area (Å²) in [6, 6.07) is 8.10. The fourth-order valence-corrected chi connectivity index (χ4v) is 2.52. The lowest BCUT2D eigenvalue weighted by molar-refractivity contribution is -0.121. The number of carbonyl (C=O) groups is 2. The maximum atomic E-state index is 11.8. The van der Waals surface area contributed by atoms with Crippen LogP contribution in [0.4, 0.5) is 0 Å². The average molecular weight is 327 g/mol. The Hall–Kier alpha value is -3.16. The molecule has 124 valence electrons. The van der Waals surface area contributed by atoms with Crippen LogP contribution >= 0.6 is 0 Å². The number of aromatic carboxylic acids is 1. The Bertz CT molecular complexity index is 867. The van der Waals surface area contributed by atoms with E-state index in [1.54, 1.807) is 0 Å². The largest absolute Gasteiger partial charge is 0.476 e. The number of hydrogen-bond acceptors (Lipinski definition) is 4.